The van der Waals surface area contributed by atoms with E-state index in [-0.39, 0.29) is 5.91 Å². The van der Waals surface area contributed by atoms with Gasteiger partial charge in [0.15, 0.2) is 10.6 Å². The highest BCUT2D eigenvalue weighted by Crippen LogP contribution is 2.22. The predicted molar refractivity (Wildman–Crippen MR) is 130 cm³/mol. The van der Waals surface area contributed by atoms with Crippen molar-refractivity contribution in [2.45, 2.75) is 19.4 Å². The van der Waals surface area contributed by atoms with Gasteiger partial charge >= 0.3 is 0 Å². The van der Waals surface area contributed by atoms with E-state index in [1.807, 2.05) is 45.9 Å². The Labute approximate surface area is 198 Å². The number of carbonyl (C=O) groups excluding carboxylic acids is 1. The average molecular weight is 468 g/mol. The monoisotopic (exact) mass is 467 g/mol. The van der Waals surface area contributed by atoms with Gasteiger partial charge < -0.3 is 19.3 Å². The molecule has 1 aromatic heterocycles. The Morgan fingerprint density at radius 2 is 1.64 bits per heavy atom. The highest BCUT2D eigenvalue weighted by Gasteiger charge is 2.20. The maximum absolute atomic E-state index is 13.0. The van der Waals surface area contributed by atoms with Crippen LogP contribution in [0.5, 0.6) is 11.5 Å². The van der Waals surface area contributed by atoms with Crippen LogP contribution >= 0.6 is 12.2 Å². The van der Waals surface area contributed by atoms with Gasteiger partial charge in [-0.3, -0.25) is 14.5 Å². The minimum Gasteiger partial charge on any atom is -0.497 e. The third-order valence-corrected chi connectivity index (χ3v) is 6.25. The highest BCUT2D eigenvalue weighted by molar-refractivity contribution is 7.71. The van der Waals surface area contributed by atoms with Crippen molar-refractivity contribution in [3.63, 3.8) is 0 Å². The van der Waals surface area contributed by atoms with E-state index < -0.39 is 0 Å². The van der Waals surface area contributed by atoms with E-state index in [0.717, 1.165) is 54.6 Å². The zero-order chi connectivity index (χ0) is 23.2. The highest BCUT2D eigenvalue weighted by atomic mass is 32.1. The second kappa shape index (κ2) is 10.5. The summed E-state index contributed by atoms with van der Waals surface area (Å²) in [5, 5.41) is 7.22. The van der Waals surface area contributed by atoms with Crippen molar-refractivity contribution in [3.05, 3.63) is 53.3 Å². The van der Waals surface area contributed by atoms with Crippen molar-refractivity contribution in [2.24, 2.45) is 0 Å². The largest absolute Gasteiger partial charge is 0.497 e. The van der Waals surface area contributed by atoms with E-state index in [9.17, 15) is 4.79 Å². The Morgan fingerprint density at radius 3 is 2.30 bits per heavy atom. The Bertz CT molecular complexity index is 1120. The fraction of sp³-hybridized carbons (Fsp3) is 0.375. The lowest BCUT2D eigenvalue weighted by Gasteiger charge is -2.24. The summed E-state index contributed by atoms with van der Waals surface area (Å²) in [4.78, 5) is 17.3. The molecule has 0 bridgehead atoms. The SMILES string of the molecule is COc1ccc(-c2n[nH]c(=S)n2CCC(=O)N2CCCN(c3ccc(OC)cc3)CC2)cc1. The zero-order valence-electron chi connectivity index (χ0n) is 19.0. The molecular weight excluding hydrogens is 438 g/mol. The Kier molecular flexibility index (Phi) is 7.29. The molecule has 174 valence electrons. The number of aromatic amines is 1. The maximum atomic E-state index is 13.0. The van der Waals surface area contributed by atoms with Crippen molar-refractivity contribution in [1.29, 1.82) is 0 Å². The van der Waals surface area contributed by atoms with Gasteiger partial charge in [-0.1, -0.05) is 0 Å². The first-order valence-electron chi connectivity index (χ1n) is 11.1. The normalized spacial score (nSPS) is 14.1. The third-order valence-electron chi connectivity index (χ3n) is 5.94. The molecule has 0 aliphatic carbocycles. The number of amides is 1. The fourth-order valence-corrected chi connectivity index (χ4v) is 4.29. The molecule has 0 unspecified atom stereocenters. The number of aromatic nitrogens is 3. The second-order valence-electron chi connectivity index (χ2n) is 7.90. The molecule has 8 nitrogen and oxygen atoms in total. The molecule has 1 aliphatic rings. The molecule has 0 saturated carbocycles. The quantitative estimate of drug-likeness (QED) is 0.534. The van der Waals surface area contributed by atoms with E-state index in [2.05, 4.69) is 27.2 Å². The lowest BCUT2D eigenvalue weighted by Crippen LogP contribution is -2.35. The molecule has 1 amide bonds. The van der Waals surface area contributed by atoms with Gasteiger partial charge in [0.1, 0.15) is 11.5 Å². The van der Waals surface area contributed by atoms with Crippen LogP contribution in [0.3, 0.4) is 0 Å². The van der Waals surface area contributed by atoms with Crippen LogP contribution in [0.1, 0.15) is 12.8 Å². The predicted octanol–water partition coefficient (Wildman–Crippen LogP) is 3.75. The van der Waals surface area contributed by atoms with Crippen LogP contribution in [0, 0.1) is 4.77 Å². The average Bonchev–Trinajstić information content (AvgIpc) is 3.06. The molecule has 3 aromatic rings. The van der Waals surface area contributed by atoms with Crippen molar-refractivity contribution in [2.75, 3.05) is 45.3 Å². The van der Waals surface area contributed by atoms with Crippen LogP contribution in [0.15, 0.2) is 48.5 Å². The first-order chi connectivity index (χ1) is 16.1. The molecule has 0 spiro atoms. The molecule has 1 N–H and O–H groups in total. The number of rotatable bonds is 7. The third kappa shape index (κ3) is 5.36. The number of methoxy groups -OCH3 is 2. The van der Waals surface area contributed by atoms with Gasteiger partial charge in [0.05, 0.1) is 14.2 Å². The lowest BCUT2D eigenvalue weighted by molar-refractivity contribution is -0.131. The van der Waals surface area contributed by atoms with Crippen LogP contribution in [-0.4, -0.2) is 66.0 Å². The Hall–Kier alpha value is -3.33. The maximum Gasteiger partial charge on any atom is 0.224 e. The molecule has 1 aliphatic heterocycles. The summed E-state index contributed by atoms with van der Waals surface area (Å²) in [6.45, 7) is 3.67. The summed E-state index contributed by atoms with van der Waals surface area (Å²) in [5.41, 5.74) is 2.07. The number of hydrogen-bond donors (Lipinski definition) is 1. The van der Waals surface area contributed by atoms with E-state index in [1.165, 1.54) is 0 Å². The van der Waals surface area contributed by atoms with E-state index in [4.69, 9.17) is 21.7 Å². The number of H-pyrrole nitrogens is 1. The molecule has 2 heterocycles. The molecule has 2 aromatic carbocycles. The van der Waals surface area contributed by atoms with Gasteiger partial charge in [0.25, 0.3) is 0 Å². The van der Waals surface area contributed by atoms with E-state index >= 15 is 0 Å². The van der Waals surface area contributed by atoms with Gasteiger partial charge in [0, 0.05) is 50.4 Å². The molecule has 1 saturated heterocycles. The van der Waals surface area contributed by atoms with Gasteiger partial charge in [-0.25, -0.2) is 0 Å². The van der Waals surface area contributed by atoms with Gasteiger partial charge in [-0.15, -0.1) is 0 Å². The van der Waals surface area contributed by atoms with Crippen LogP contribution in [0.4, 0.5) is 5.69 Å². The summed E-state index contributed by atoms with van der Waals surface area (Å²) in [6, 6.07) is 15.7. The van der Waals surface area contributed by atoms with Crippen molar-refractivity contribution < 1.29 is 14.3 Å². The van der Waals surface area contributed by atoms with Crippen LogP contribution in [-0.2, 0) is 11.3 Å². The molecular formula is C24H29N5O3S. The topological polar surface area (TPSA) is 75.6 Å². The number of anilines is 1. The van der Waals surface area contributed by atoms with Crippen LogP contribution in [0.25, 0.3) is 11.4 Å². The fourth-order valence-electron chi connectivity index (χ4n) is 4.07. The molecule has 4 rings (SSSR count). The van der Waals surface area contributed by atoms with Crippen LogP contribution in [0.2, 0.25) is 0 Å². The summed E-state index contributed by atoms with van der Waals surface area (Å²) >= 11 is 5.42. The van der Waals surface area contributed by atoms with Crippen molar-refractivity contribution >= 4 is 23.8 Å². The first kappa shape index (κ1) is 22.8. The smallest absolute Gasteiger partial charge is 0.224 e. The van der Waals surface area contributed by atoms with Gasteiger partial charge in [0.2, 0.25) is 5.91 Å². The summed E-state index contributed by atoms with van der Waals surface area (Å²) in [7, 11) is 3.30. The molecule has 1 fully saturated rings. The van der Waals surface area contributed by atoms with E-state index in [0.29, 0.717) is 24.3 Å². The molecule has 9 heteroatoms. The standard InChI is InChI=1S/C24H29N5O3S/c1-31-20-8-4-18(5-9-20)23-25-26-24(33)29(23)15-12-22(30)28-14-3-13-27(16-17-28)19-6-10-21(32-2)11-7-19/h4-11H,3,12-17H2,1-2H3,(H,26,33). The Morgan fingerprint density at radius 1 is 0.970 bits per heavy atom. The number of benzene rings is 2. The van der Waals surface area contributed by atoms with E-state index in [1.54, 1.807) is 14.2 Å². The van der Waals surface area contributed by atoms with Crippen molar-refractivity contribution in [1.82, 2.24) is 19.7 Å². The van der Waals surface area contributed by atoms with Crippen molar-refractivity contribution in [3.8, 4) is 22.9 Å². The number of hydrogen-bond acceptors (Lipinski definition) is 6. The number of nitrogens with one attached hydrogen (secondary N) is 1. The van der Waals surface area contributed by atoms with Gasteiger partial charge in [-0.2, -0.15) is 5.10 Å². The number of ether oxygens (including phenoxy) is 2. The minimum absolute atomic E-state index is 0.135. The first-order valence-corrected chi connectivity index (χ1v) is 11.5. The van der Waals surface area contributed by atoms with Crippen LogP contribution < -0.4 is 14.4 Å². The van der Waals surface area contributed by atoms with Gasteiger partial charge in [-0.05, 0) is 67.2 Å². The number of carbonyl (C=O) groups is 1. The lowest BCUT2D eigenvalue weighted by atomic mass is 10.2. The summed E-state index contributed by atoms with van der Waals surface area (Å²) < 4.78 is 12.9. The summed E-state index contributed by atoms with van der Waals surface area (Å²) in [5.74, 6) is 2.48. The molecule has 33 heavy (non-hydrogen) atoms. The minimum atomic E-state index is 0.135. The second-order valence-corrected chi connectivity index (χ2v) is 8.29. The number of nitrogens with zero attached hydrogens (tertiary/aromatic N) is 4. The molecule has 0 radical (unpaired) electrons. The molecule has 0 atom stereocenters. The zero-order valence-corrected chi connectivity index (χ0v) is 19.8. The summed E-state index contributed by atoms with van der Waals surface area (Å²) in [6.07, 6.45) is 1.31. The Balaban J connectivity index is 1.37.